The molecule has 2 heterocycles. The van der Waals surface area contributed by atoms with Crippen molar-refractivity contribution in [2.75, 3.05) is 25.0 Å². The normalized spacial score (nSPS) is 14.9. The zero-order chi connectivity index (χ0) is 21.1. The average Bonchev–Trinajstić information content (AvgIpc) is 3.23. The van der Waals surface area contributed by atoms with E-state index in [-0.39, 0.29) is 30.4 Å². The first-order valence-corrected chi connectivity index (χ1v) is 10.7. The maximum absolute atomic E-state index is 12.7. The van der Waals surface area contributed by atoms with Crippen LogP contribution < -0.4 is 10.6 Å². The molecule has 2 amide bonds. The molecule has 4 rings (SSSR count). The number of sulfonamides is 1. The van der Waals surface area contributed by atoms with E-state index in [2.05, 4.69) is 15.7 Å². The summed E-state index contributed by atoms with van der Waals surface area (Å²) in [6, 6.07) is 16.7. The highest BCUT2D eigenvalue weighted by Crippen LogP contribution is 2.18. The molecule has 9 nitrogen and oxygen atoms in total. The number of aromatic nitrogens is 2. The molecule has 0 aliphatic carbocycles. The summed E-state index contributed by atoms with van der Waals surface area (Å²) >= 11 is 0. The molecule has 2 N–H and O–H groups in total. The van der Waals surface area contributed by atoms with Gasteiger partial charge in [0.1, 0.15) is 0 Å². The lowest BCUT2D eigenvalue weighted by molar-refractivity contribution is -0.122. The summed E-state index contributed by atoms with van der Waals surface area (Å²) in [4.78, 5) is 24.0. The number of para-hydroxylation sites is 1. The second-order valence-electron chi connectivity index (χ2n) is 6.65. The van der Waals surface area contributed by atoms with Gasteiger partial charge < -0.3 is 10.6 Å². The van der Waals surface area contributed by atoms with E-state index >= 15 is 0 Å². The highest BCUT2D eigenvalue weighted by molar-refractivity contribution is 7.89. The fourth-order valence-corrected chi connectivity index (χ4v) is 4.45. The van der Waals surface area contributed by atoms with Gasteiger partial charge in [-0.2, -0.15) is 9.40 Å². The summed E-state index contributed by atoms with van der Waals surface area (Å²) in [5, 5.41) is 9.60. The lowest BCUT2D eigenvalue weighted by atomic mass is 10.2. The van der Waals surface area contributed by atoms with Crippen LogP contribution in [0.5, 0.6) is 0 Å². The highest BCUT2D eigenvalue weighted by Gasteiger charge is 2.29. The number of nitrogens with zero attached hydrogens (tertiary/aromatic N) is 3. The van der Waals surface area contributed by atoms with Gasteiger partial charge in [-0.15, -0.1) is 0 Å². The number of carbonyl (C=O) groups excluding carboxylic acids is 2. The molecule has 1 fully saturated rings. The van der Waals surface area contributed by atoms with Crippen molar-refractivity contribution >= 4 is 27.7 Å². The van der Waals surface area contributed by atoms with Crippen molar-refractivity contribution in [3.63, 3.8) is 0 Å². The quantitative estimate of drug-likeness (QED) is 0.639. The van der Waals surface area contributed by atoms with Gasteiger partial charge in [-0.05, 0) is 36.4 Å². The highest BCUT2D eigenvalue weighted by atomic mass is 32.2. The van der Waals surface area contributed by atoms with Gasteiger partial charge in [-0.25, -0.2) is 13.1 Å². The third-order valence-electron chi connectivity index (χ3n) is 4.61. The minimum absolute atomic E-state index is 0.0297. The van der Waals surface area contributed by atoms with Crippen molar-refractivity contribution in [3.8, 4) is 5.69 Å². The first kappa shape index (κ1) is 19.8. The van der Waals surface area contributed by atoms with Gasteiger partial charge in [0.2, 0.25) is 15.9 Å². The van der Waals surface area contributed by atoms with E-state index in [4.69, 9.17) is 0 Å². The number of rotatable bonds is 5. The number of carbonyl (C=O) groups is 2. The summed E-state index contributed by atoms with van der Waals surface area (Å²) in [6.45, 7) is 0.267. The molecule has 0 unspecified atom stereocenters. The fraction of sp³-hybridized carbons (Fsp3) is 0.150. The molecule has 0 atom stereocenters. The first-order chi connectivity index (χ1) is 14.4. The molecule has 1 aliphatic heterocycles. The number of hydrogen-bond donors (Lipinski definition) is 2. The second-order valence-corrected chi connectivity index (χ2v) is 8.59. The monoisotopic (exact) mass is 425 g/mol. The van der Waals surface area contributed by atoms with E-state index in [1.165, 1.54) is 24.3 Å². The van der Waals surface area contributed by atoms with Crippen LogP contribution in [0.15, 0.2) is 71.8 Å². The lowest BCUT2D eigenvalue weighted by Gasteiger charge is -2.25. The van der Waals surface area contributed by atoms with Crippen molar-refractivity contribution in [3.05, 3.63) is 72.4 Å². The van der Waals surface area contributed by atoms with Crippen LogP contribution in [0.3, 0.4) is 0 Å². The van der Waals surface area contributed by atoms with Gasteiger partial charge in [0.15, 0.2) is 5.82 Å². The van der Waals surface area contributed by atoms with Crippen LogP contribution in [0.2, 0.25) is 0 Å². The van der Waals surface area contributed by atoms with E-state index in [0.29, 0.717) is 11.4 Å². The molecule has 10 heteroatoms. The number of benzene rings is 2. The Morgan fingerprint density at radius 3 is 2.47 bits per heavy atom. The van der Waals surface area contributed by atoms with Gasteiger partial charge in [0, 0.05) is 30.9 Å². The van der Waals surface area contributed by atoms with Crippen LogP contribution in [-0.4, -0.2) is 54.0 Å². The third-order valence-corrected chi connectivity index (χ3v) is 6.47. The largest absolute Gasteiger partial charge is 0.354 e. The maximum atomic E-state index is 12.7. The number of nitrogens with one attached hydrogen (secondary N) is 2. The second kappa shape index (κ2) is 8.09. The van der Waals surface area contributed by atoms with E-state index in [0.717, 1.165) is 9.99 Å². The van der Waals surface area contributed by atoms with E-state index in [9.17, 15) is 18.0 Å². The molecule has 30 heavy (non-hydrogen) atoms. The molecule has 1 aromatic heterocycles. The summed E-state index contributed by atoms with van der Waals surface area (Å²) in [6.07, 6.45) is 1.73. The molecule has 2 aromatic carbocycles. The molecule has 1 aliphatic rings. The standard InChI is InChI=1S/C20H19N5O4S/c26-19-14-24(13-11-21-19)30(28,29)17-8-6-15(7-9-17)20(27)22-18-10-12-25(23-18)16-4-2-1-3-5-16/h1-10,12H,11,13-14H2,(H,21,26)(H,22,23,27). The van der Waals surface area contributed by atoms with Gasteiger partial charge >= 0.3 is 0 Å². The minimum atomic E-state index is -3.80. The summed E-state index contributed by atoms with van der Waals surface area (Å²) in [7, 11) is -3.80. The lowest BCUT2D eigenvalue weighted by Crippen LogP contribution is -2.49. The first-order valence-electron chi connectivity index (χ1n) is 9.23. The van der Waals surface area contributed by atoms with Crippen molar-refractivity contribution < 1.29 is 18.0 Å². The van der Waals surface area contributed by atoms with Gasteiger partial charge in [-0.3, -0.25) is 9.59 Å². The van der Waals surface area contributed by atoms with Crippen molar-refractivity contribution in [2.24, 2.45) is 0 Å². The molecule has 154 valence electrons. The van der Waals surface area contributed by atoms with Gasteiger partial charge in [-0.1, -0.05) is 18.2 Å². The number of anilines is 1. The van der Waals surface area contributed by atoms with Crippen molar-refractivity contribution in [2.45, 2.75) is 4.90 Å². The van der Waals surface area contributed by atoms with Crippen LogP contribution in [0.25, 0.3) is 5.69 Å². The summed E-state index contributed by atoms with van der Waals surface area (Å²) in [5.41, 5.74) is 1.15. The van der Waals surface area contributed by atoms with Crippen LogP contribution in [0.1, 0.15) is 10.4 Å². The Morgan fingerprint density at radius 2 is 1.77 bits per heavy atom. The van der Waals surface area contributed by atoms with Crippen LogP contribution >= 0.6 is 0 Å². The topological polar surface area (TPSA) is 113 Å². The van der Waals surface area contributed by atoms with Gasteiger partial charge in [0.25, 0.3) is 5.91 Å². The Hall–Kier alpha value is -3.50. The van der Waals surface area contributed by atoms with Crippen LogP contribution in [0.4, 0.5) is 5.82 Å². The molecule has 0 spiro atoms. The van der Waals surface area contributed by atoms with E-state index < -0.39 is 15.9 Å². The Balaban J connectivity index is 1.46. The Kier molecular flexibility index (Phi) is 5.34. The predicted octanol–water partition coefficient (Wildman–Crippen LogP) is 1.25. The zero-order valence-corrected chi connectivity index (χ0v) is 16.7. The Labute approximate surface area is 173 Å². The molecule has 0 bridgehead atoms. The van der Waals surface area contributed by atoms with Crippen molar-refractivity contribution in [1.29, 1.82) is 0 Å². The molecule has 0 saturated carbocycles. The third kappa shape index (κ3) is 4.09. The minimum Gasteiger partial charge on any atom is -0.354 e. The van der Waals surface area contributed by atoms with Crippen molar-refractivity contribution in [1.82, 2.24) is 19.4 Å². The SMILES string of the molecule is O=C1CN(S(=O)(=O)c2ccc(C(=O)Nc3ccn(-c4ccccc4)n3)cc2)CCN1. The smallest absolute Gasteiger partial charge is 0.256 e. The van der Waals surface area contributed by atoms with Gasteiger partial charge in [0.05, 0.1) is 17.1 Å². The summed E-state index contributed by atoms with van der Waals surface area (Å²) < 4.78 is 28.1. The van der Waals surface area contributed by atoms with E-state index in [1.54, 1.807) is 16.9 Å². The Bertz CT molecular complexity index is 1170. The van der Waals surface area contributed by atoms with Crippen LogP contribution in [0, 0.1) is 0 Å². The molecular formula is C20H19N5O4S. The Morgan fingerprint density at radius 1 is 1.03 bits per heavy atom. The van der Waals surface area contributed by atoms with Crippen LogP contribution in [-0.2, 0) is 14.8 Å². The molecule has 1 saturated heterocycles. The molecule has 3 aromatic rings. The maximum Gasteiger partial charge on any atom is 0.256 e. The number of hydrogen-bond acceptors (Lipinski definition) is 5. The average molecular weight is 425 g/mol. The molecule has 0 radical (unpaired) electrons. The number of piperazine rings is 1. The zero-order valence-electron chi connectivity index (χ0n) is 15.9. The molecular weight excluding hydrogens is 406 g/mol. The fourth-order valence-electron chi connectivity index (χ4n) is 3.05. The predicted molar refractivity (Wildman–Crippen MR) is 110 cm³/mol. The summed E-state index contributed by atoms with van der Waals surface area (Å²) in [5.74, 6) is -0.370. The number of amides is 2. The van der Waals surface area contributed by atoms with E-state index in [1.807, 2.05) is 30.3 Å².